The van der Waals surface area contributed by atoms with Gasteiger partial charge in [0.15, 0.2) is 0 Å². The van der Waals surface area contributed by atoms with Crippen LogP contribution in [0.1, 0.15) is 5.56 Å². The predicted octanol–water partition coefficient (Wildman–Crippen LogP) is 4.52. The zero-order valence-electron chi connectivity index (χ0n) is 5.92. The molecular formula is C7H2F3I3. The van der Waals surface area contributed by atoms with Crippen LogP contribution in [0.4, 0.5) is 13.2 Å². The van der Waals surface area contributed by atoms with Crippen molar-refractivity contribution in [1.29, 1.82) is 0 Å². The summed E-state index contributed by atoms with van der Waals surface area (Å²) in [6, 6.07) is 2.31. The lowest BCUT2D eigenvalue weighted by Crippen LogP contribution is -2.06. The van der Waals surface area contributed by atoms with E-state index in [2.05, 4.69) is 0 Å². The van der Waals surface area contributed by atoms with Crippen molar-refractivity contribution in [2.75, 3.05) is 0 Å². The highest BCUT2D eigenvalue weighted by atomic mass is 127. The van der Waals surface area contributed by atoms with Gasteiger partial charge in [-0.15, -0.1) is 0 Å². The largest absolute Gasteiger partial charge is 0.416 e. The summed E-state index contributed by atoms with van der Waals surface area (Å²) < 4.78 is 39.0. The molecule has 1 rings (SSSR count). The molecule has 0 aromatic heterocycles. The monoisotopic (exact) mass is 524 g/mol. The summed E-state index contributed by atoms with van der Waals surface area (Å²) in [5, 5.41) is 0. The van der Waals surface area contributed by atoms with Gasteiger partial charge in [-0.3, -0.25) is 0 Å². The Morgan fingerprint density at radius 3 is 1.62 bits per heavy atom. The molecular weight excluding hydrogens is 522 g/mol. The van der Waals surface area contributed by atoms with Crippen LogP contribution in [-0.2, 0) is 6.18 Å². The van der Waals surface area contributed by atoms with Crippen molar-refractivity contribution < 1.29 is 13.2 Å². The van der Waals surface area contributed by atoms with Crippen molar-refractivity contribution in [3.05, 3.63) is 28.4 Å². The molecule has 1 aromatic rings. The van der Waals surface area contributed by atoms with Crippen LogP contribution in [0.15, 0.2) is 12.1 Å². The molecule has 0 N–H and O–H groups in total. The normalized spacial score (nSPS) is 11.8. The molecule has 0 radical (unpaired) electrons. The minimum atomic E-state index is -4.25. The van der Waals surface area contributed by atoms with Crippen LogP contribution in [-0.4, -0.2) is 0 Å². The third-order valence-corrected chi connectivity index (χ3v) is 6.24. The van der Waals surface area contributed by atoms with Crippen molar-refractivity contribution >= 4 is 67.8 Å². The van der Waals surface area contributed by atoms with Crippen molar-refractivity contribution in [3.8, 4) is 0 Å². The van der Waals surface area contributed by atoms with Crippen LogP contribution in [0.2, 0.25) is 0 Å². The Morgan fingerprint density at radius 2 is 1.31 bits per heavy atom. The van der Waals surface area contributed by atoms with Gasteiger partial charge in [-0.1, -0.05) is 0 Å². The summed E-state index contributed by atoms with van der Waals surface area (Å²) in [6.45, 7) is 0. The molecule has 0 unspecified atom stereocenters. The molecule has 0 aliphatic rings. The lowest BCUT2D eigenvalue weighted by atomic mass is 10.2. The van der Waals surface area contributed by atoms with Crippen LogP contribution in [0.3, 0.4) is 0 Å². The van der Waals surface area contributed by atoms with Gasteiger partial charge in [0.1, 0.15) is 0 Å². The van der Waals surface area contributed by atoms with E-state index in [9.17, 15) is 13.2 Å². The highest BCUT2D eigenvalue weighted by Crippen LogP contribution is 2.33. The highest BCUT2D eigenvalue weighted by Gasteiger charge is 2.31. The second kappa shape index (κ2) is 4.37. The lowest BCUT2D eigenvalue weighted by molar-refractivity contribution is -0.137. The average Bonchev–Trinajstić information content (AvgIpc) is 1.97. The summed E-state index contributed by atoms with van der Waals surface area (Å²) in [5.74, 6) is 0. The predicted molar refractivity (Wildman–Crippen MR) is 69.6 cm³/mol. The Labute approximate surface area is 114 Å². The van der Waals surface area contributed by atoms with Gasteiger partial charge in [-0.05, 0) is 79.9 Å². The number of benzene rings is 1. The molecule has 0 bridgehead atoms. The van der Waals surface area contributed by atoms with E-state index in [4.69, 9.17) is 0 Å². The van der Waals surface area contributed by atoms with Gasteiger partial charge in [0.05, 0.1) is 5.56 Å². The average molecular weight is 524 g/mol. The standard InChI is InChI=1S/C7H2F3I3/c8-7(9,10)3-1-4(11)6(13)5(12)2-3/h1-2H. The smallest absolute Gasteiger partial charge is 0.166 e. The Balaban J connectivity index is 3.29. The molecule has 0 aliphatic carbocycles. The minimum absolute atomic E-state index is 0.582. The maximum Gasteiger partial charge on any atom is 0.416 e. The zero-order chi connectivity index (χ0) is 10.2. The van der Waals surface area contributed by atoms with Gasteiger partial charge < -0.3 is 0 Å². The summed E-state index contributed by atoms with van der Waals surface area (Å²) >= 11 is 5.84. The van der Waals surface area contributed by atoms with Gasteiger partial charge in [0.2, 0.25) is 0 Å². The van der Waals surface area contributed by atoms with Crippen molar-refractivity contribution in [2.45, 2.75) is 6.18 Å². The van der Waals surface area contributed by atoms with Crippen LogP contribution in [0.25, 0.3) is 0 Å². The highest BCUT2D eigenvalue weighted by molar-refractivity contribution is 14.1. The summed E-state index contributed by atoms with van der Waals surface area (Å²) in [4.78, 5) is 0. The first kappa shape index (κ1) is 12.3. The molecule has 0 nitrogen and oxygen atoms in total. The first-order valence-corrected chi connectivity index (χ1v) is 6.27. The van der Waals surface area contributed by atoms with Gasteiger partial charge >= 0.3 is 6.18 Å². The fourth-order valence-electron chi connectivity index (χ4n) is 0.719. The van der Waals surface area contributed by atoms with Gasteiger partial charge in [-0.25, -0.2) is 0 Å². The fraction of sp³-hybridized carbons (Fsp3) is 0.143. The molecule has 0 spiro atoms. The van der Waals surface area contributed by atoms with Gasteiger partial charge in [0.25, 0.3) is 0 Å². The molecule has 0 heterocycles. The van der Waals surface area contributed by atoms with Gasteiger partial charge in [0, 0.05) is 10.7 Å². The maximum atomic E-state index is 12.3. The number of hydrogen-bond acceptors (Lipinski definition) is 0. The third kappa shape index (κ3) is 3.08. The molecule has 0 saturated heterocycles. The summed E-state index contributed by atoms with van der Waals surface area (Å²) in [6.07, 6.45) is -4.25. The summed E-state index contributed by atoms with van der Waals surface area (Å²) in [5.41, 5.74) is -0.582. The fourth-order valence-corrected chi connectivity index (χ4v) is 2.80. The number of rotatable bonds is 0. The SMILES string of the molecule is FC(F)(F)c1cc(I)c(I)c(I)c1. The maximum absolute atomic E-state index is 12.3. The van der Waals surface area contributed by atoms with E-state index in [1.165, 1.54) is 0 Å². The van der Waals surface area contributed by atoms with Crippen molar-refractivity contribution in [3.63, 3.8) is 0 Å². The molecule has 0 atom stereocenters. The Bertz CT molecular complexity index is 309. The Hall–Kier alpha value is 1.20. The molecule has 72 valence electrons. The van der Waals surface area contributed by atoms with Crippen molar-refractivity contribution in [2.24, 2.45) is 0 Å². The van der Waals surface area contributed by atoms with E-state index < -0.39 is 11.7 Å². The topological polar surface area (TPSA) is 0 Å². The zero-order valence-corrected chi connectivity index (χ0v) is 12.4. The second-order valence-corrected chi connectivity index (χ2v) is 5.65. The second-order valence-electron chi connectivity index (χ2n) is 2.25. The summed E-state index contributed by atoms with van der Waals surface area (Å²) in [7, 11) is 0. The molecule has 0 aliphatic heterocycles. The number of halogens is 6. The molecule has 6 heteroatoms. The van der Waals surface area contributed by atoms with Gasteiger partial charge in [-0.2, -0.15) is 13.2 Å². The first-order chi connectivity index (χ1) is 5.82. The quantitative estimate of drug-likeness (QED) is 0.347. The number of hydrogen-bond donors (Lipinski definition) is 0. The van der Waals surface area contributed by atoms with Crippen LogP contribution in [0.5, 0.6) is 0 Å². The van der Waals surface area contributed by atoms with E-state index in [1.807, 2.05) is 67.8 Å². The third-order valence-electron chi connectivity index (χ3n) is 1.31. The van der Waals surface area contributed by atoms with Crippen LogP contribution < -0.4 is 0 Å². The van der Waals surface area contributed by atoms with E-state index in [0.717, 1.165) is 15.7 Å². The van der Waals surface area contributed by atoms with Crippen LogP contribution in [0, 0.1) is 10.7 Å². The lowest BCUT2D eigenvalue weighted by Gasteiger charge is -2.09. The molecule has 0 saturated carbocycles. The Morgan fingerprint density at radius 1 is 0.923 bits per heavy atom. The molecule has 0 fully saturated rings. The molecule has 13 heavy (non-hydrogen) atoms. The molecule has 0 amide bonds. The molecule has 1 aromatic carbocycles. The van der Waals surface area contributed by atoms with E-state index in [-0.39, 0.29) is 0 Å². The number of alkyl halides is 3. The first-order valence-electron chi connectivity index (χ1n) is 3.04. The minimum Gasteiger partial charge on any atom is -0.166 e. The van der Waals surface area contributed by atoms with Crippen molar-refractivity contribution in [1.82, 2.24) is 0 Å². The van der Waals surface area contributed by atoms with E-state index in [1.54, 1.807) is 0 Å². The Kier molecular flexibility index (Phi) is 4.13. The van der Waals surface area contributed by atoms with E-state index in [0.29, 0.717) is 7.14 Å². The van der Waals surface area contributed by atoms with E-state index >= 15 is 0 Å². The van der Waals surface area contributed by atoms with Crippen LogP contribution >= 0.6 is 67.8 Å².